The predicted octanol–water partition coefficient (Wildman–Crippen LogP) is 5.38. The first-order valence-electron chi connectivity index (χ1n) is 10.4. The average molecular weight is 439 g/mol. The summed E-state index contributed by atoms with van der Waals surface area (Å²) < 4.78 is 46.1. The topological polar surface area (TPSA) is 98.3 Å². The third-order valence-electron chi connectivity index (χ3n) is 4.77. The molecule has 1 aromatic heterocycles. The molecule has 3 N–H and O–H groups in total. The van der Waals surface area contributed by atoms with Gasteiger partial charge >= 0.3 is 12.1 Å². The van der Waals surface area contributed by atoms with Crippen molar-refractivity contribution >= 4 is 5.97 Å². The van der Waals surface area contributed by atoms with Gasteiger partial charge < -0.3 is 15.6 Å². The second-order valence-corrected chi connectivity index (χ2v) is 7.36. The van der Waals surface area contributed by atoms with Crippen LogP contribution >= 0.6 is 0 Å². The highest BCUT2D eigenvalue weighted by atomic mass is 19.4. The molecule has 0 spiro atoms. The molecule has 1 heterocycles. The van der Waals surface area contributed by atoms with Gasteiger partial charge in [-0.1, -0.05) is 45.1 Å². The Morgan fingerprint density at radius 3 is 2.35 bits per heavy atom. The van der Waals surface area contributed by atoms with Crippen LogP contribution in [0.3, 0.4) is 0 Å². The molecule has 170 valence electrons. The molecule has 0 amide bonds. The number of ether oxygens (including phenoxy) is 1. The quantitative estimate of drug-likeness (QED) is 0.431. The molecule has 0 saturated heterocycles. The van der Waals surface area contributed by atoms with E-state index in [0.29, 0.717) is 12.0 Å². The SMILES string of the molecule is CCCCCCCCOc1ccc(-c2cnc(C(N)CC(=O)O)nc2)cc1C(F)(F)F. The normalized spacial score (nSPS) is 12.5. The highest BCUT2D eigenvalue weighted by molar-refractivity contribution is 5.68. The maximum absolute atomic E-state index is 13.6. The Morgan fingerprint density at radius 2 is 1.74 bits per heavy atom. The number of unbranched alkanes of at least 4 members (excludes halogenated alkanes) is 5. The Balaban J connectivity index is 2.09. The smallest absolute Gasteiger partial charge is 0.419 e. The fourth-order valence-corrected chi connectivity index (χ4v) is 3.08. The van der Waals surface area contributed by atoms with Crippen LogP contribution < -0.4 is 10.5 Å². The van der Waals surface area contributed by atoms with Crippen LogP contribution in [0.2, 0.25) is 0 Å². The fraction of sp³-hybridized carbons (Fsp3) is 0.500. The molecule has 2 aromatic rings. The van der Waals surface area contributed by atoms with E-state index in [0.717, 1.165) is 38.2 Å². The number of halogens is 3. The molecule has 0 fully saturated rings. The Labute approximate surface area is 179 Å². The summed E-state index contributed by atoms with van der Waals surface area (Å²) in [7, 11) is 0. The van der Waals surface area contributed by atoms with Crippen molar-refractivity contribution in [2.45, 2.75) is 64.1 Å². The van der Waals surface area contributed by atoms with E-state index in [-0.39, 0.29) is 30.2 Å². The Hall–Kier alpha value is -2.68. The first-order chi connectivity index (χ1) is 14.7. The molecule has 0 aliphatic rings. The monoisotopic (exact) mass is 439 g/mol. The van der Waals surface area contributed by atoms with Crippen LogP contribution in [0.25, 0.3) is 11.1 Å². The Kier molecular flexibility index (Phi) is 9.23. The van der Waals surface area contributed by atoms with Gasteiger partial charge in [0.15, 0.2) is 0 Å². The molecule has 0 aliphatic carbocycles. The molecule has 1 unspecified atom stereocenters. The van der Waals surface area contributed by atoms with Crippen LogP contribution in [-0.4, -0.2) is 27.7 Å². The lowest BCUT2D eigenvalue weighted by Crippen LogP contribution is -2.17. The minimum Gasteiger partial charge on any atom is -0.493 e. The lowest BCUT2D eigenvalue weighted by atomic mass is 10.0. The zero-order chi connectivity index (χ0) is 22.9. The number of nitrogens with two attached hydrogens (primary N) is 1. The number of benzene rings is 1. The van der Waals surface area contributed by atoms with Crippen molar-refractivity contribution in [3.63, 3.8) is 0 Å². The minimum atomic E-state index is -4.57. The van der Waals surface area contributed by atoms with Crippen molar-refractivity contribution in [1.29, 1.82) is 0 Å². The average Bonchev–Trinajstić information content (AvgIpc) is 2.72. The Morgan fingerprint density at radius 1 is 1.10 bits per heavy atom. The number of rotatable bonds is 12. The van der Waals surface area contributed by atoms with Gasteiger partial charge in [0, 0.05) is 18.0 Å². The zero-order valence-corrected chi connectivity index (χ0v) is 17.5. The maximum Gasteiger partial charge on any atom is 0.419 e. The molecule has 0 aliphatic heterocycles. The number of carboxylic acids is 1. The molecule has 9 heteroatoms. The van der Waals surface area contributed by atoms with Gasteiger partial charge in [-0.05, 0) is 24.1 Å². The number of hydrogen-bond donors (Lipinski definition) is 2. The Bertz CT molecular complexity index is 842. The summed E-state index contributed by atoms with van der Waals surface area (Å²) in [6.45, 7) is 2.36. The molecule has 0 bridgehead atoms. The standard InChI is InChI=1S/C22H28F3N3O3/c1-2-3-4-5-6-7-10-31-19-9-8-15(11-17(19)22(23,24)25)16-13-27-21(28-14-16)18(26)12-20(29)30/h8-9,11,13-14,18H,2-7,10,12,26H2,1H3,(H,29,30). The molecule has 31 heavy (non-hydrogen) atoms. The van der Waals surface area contributed by atoms with E-state index >= 15 is 0 Å². The van der Waals surface area contributed by atoms with Gasteiger partial charge in [0.1, 0.15) is 11.6 Å². The number of aliphatic carboxylic acids is 1. The number of alkyl halides is 3. The van der Waals surface area contributed by atoms with E-state index in [9.17, 15) is 18.0 Å². The summed E-state index contributed by atoms with van der Waals surface area (Å²) in [5.41, 5.74) is 5.48. The molecule has 1 atom stereocenters. The molecule has 0 radical (unpaired) electrons. The van der Waals surface area contributed by atoms with Crippen LogP contribution in [0.4, 0.5) is 13.2 Å². The maximum atomic E-state index is 13.6. The van der Waals surface area contributed by atoms with Gasteiger partial charge in [0.05, 0.1) is 24.6 Å². The van der Waals surface area contributed by atoms with E-state index < -0.39 is 23.8 Å². The van der Waals surface area contributed by atoms with Crippen LogP contribution in [0.1, 0.15) is 69.3 Å². The van der Waals surface area contributed by atoms with Gasteiger partial charge in [0.2, 0.25) is 0 Å². The second-order valence-electron chi connectivity index (χ2n) is 7.36. The lowest BCUT2D eigenvalue weighted by molar-refractivity contribution is -0.139. The minimum absolute atomic E-state index is 0.112. The van der Waals surface area contributed by atoms with Gasteiger partial charge in [-0.25, -0.2) is 9.97 Å². The molecular formula is C22H28F3N3O3. The number of hydrogen-bond acceptors (Lipinski definition) is 5. The van der Waals surface area contributed by atoms with E-state index in [1.165, 1.54) is 24.5 Å². The van der Waals surface area contributed by atoms with Crippen LogP contribution in [0, 0.1) is 0 Å². The molecule has 1 aromatic carbocycles. The number of nitrogens with zero attached hydrogens (tertiary/aromatic N) is 2. The van der Waals surface area contributed by atoms with Crippen molar-refractivity contribution < 1.29 is 27.8 Å². The third kappa shape index (κ3) is 7.82. The number of aromatic nitrogens is 2. The van der Waals surface area contributed by atoms with Crippen molar-refractivity contribution in [2.24, 2.45) is 5.73 Å². The summed E-state index contributed by atoms with van der Waals surface area (Å²) >= 11 is 0. The van der Waals surface area contributed by atoms with Crippen molar-refractivity contribution in [3.8, 4) is 16.9 Å². The number of carboxylic acid groups (broad SMARTS) is 1. The third-order valence-corrected chi connectivity index (χ3v) is 4.77. The molecule has 2 rings (SSSR count). The van der Waals surface area contributed by atoms with Crippen LogP contribution in [0.15, 0.2) is 30.6 Å². The first kappa shape index (κ1) is 24.6. The number of carbonyl (C=O) groups is 1. The van der Waals surface area contributed by atoms with Crippen LogP contribution in [-0.2, 0) is 11.0 Å². The van der Waals surface area contributed by atoms with E-state index in [4.69, 9.17) is 15.6 Å². The van der Waals surface area contributed by atoms with Crippen molar-refractivity contribution in [2.75, 3.05) is 6.61 Å². The summed E-state index contributed by atoms with van der Waals surface area (Å²) in [5.74, 6) is -1.18. The summed E-state index contributed by atoms with van der Waals surface area (Å²) in [4.78, 5) is 18.7. The summed E-state index contributed by atoms with van der Waals surface area (Å²) in [6, 6.07) is 2.93. The second kappa shape index (κ2) is 11.6. The lowest BCUT2D eigenvalue weighted by Gasteiger charge is -2.16. The highest BCUT2D eigenvalue weighted by Gasteiger charge is 2.34. The fourth-order valence-electron chi connectivity index (χ4n) is 3.08. The van der Waals surface area contributed by atoms with E-state index in [2.05, 4.69) is 16.9 Å². The molecular weight excluding hydrogens is 411 g/mol. The largest absolute Gasteiger partial charge is 0.493 e. The predicted molar refractivity (Wildman–Crippen MR) is 111 cm³/mol. The van der Waals surface area contributed by atoms with Gasteiger partial charge in [-0.15, -0.1) is 0 Å². The summed E-state index contributed by atoms with van der Waals surface area (Å²) in [5, 5.41) is 8.78. The summed E-state index contributed by atoms with van der Waals surface area (Å²) in [6.07, 6.45) is 3.85. The van der Waals surface area contributed by atoms with Gasteiger partial charge in [-0.2, -0.15) is 13.2 Å². The van der Waals surface area contributed by atoms with Gasteiger partial charge in [-0.3, -0.25) is 4.79 Å². The van der Waals surface area contributed by atoms with Crippen molar-refractivity contribution in [1.82, 2.24) is 9.97 Å². The van der Waals surface area contributed by atoms with E-state index in [1.54, 1.807) is 0 Å². The first-order valence-corrected chi connectivity index (χ1v) is 10.4. The van der Waals surface area contributed by atoms with Crippen LogP contribution in [0.5, 0.6) is 5.75 Å². The van der Waals surface area contributed by atoms with Gasteiger partial charge in [0.25, 0.3) is 0 Å². The molecule has 6 nitrogen and oxygen atoms in total. The van der Waals surface area contributed by atoms with E-state index in [1.807, 2.05) is 0 Å². The highest BCUT2D eigenvalue weighted by Crippen LogP contribution is 2.38. The zero-order valence-electron chi connectivity index (χ0n) is 17.5. The van der Waals surface area contributed by atoms with Crippen molar-refractivity contribution in [3.05, 3.63) is 42.0 Å². The molecule has 0 saturated carbocycles.